The van der Waals surface area contributed by atoms with Crippen LogP contribution in [-0.2, 0) is 16.1 Å². The van der Waals surface area contributed by atoms with Crippen LogP contribution in [0.15, 0.2) is 36.5 Å². The van der Waals surface area contributed by atoms with Gasteiger partial charge in [-0.15, -0.1) is 0 Å². The van der Waals surface area contributed by atoms with Crippen LogP contribution in [0.4, 0.5) is 5.82 Å². The molecule has 0 saturated carbocycles. The number of carboxylic acid groups (broad SMARTS) is 1. The van der Waals surface area contributed by atoms with Gasteiger partial charge in [0.15, 0.2) is 5.82 Å². The van der Waals surface area contributed by atoms with Gasteiger partial charge in [-0.25, -0.2) is 0 Å². The number of aryl methyl sites for hydroxylation is 1. The molecule has 1 aromatic carbocycles. The number of likely N-dealkylation sites (tertiary alicyclic amines) is 1. The largest absolute Gasteiger partial charge is 0.480 e. The summed E-state index contributed by atoms with van der Waals surface area (Å²) in [4.78, 5) is 37.6. The molecule has 2 aromatic rings. The molecule has 0 bridgehead atoms. The van der Waals surface area contributed by atoms with Crippen molar-refractivity contribution in [1.82, 2.24) is 14.7 Å². The molecule has 1 aliphatic rings. The fourth-order valence-electron chi connectivity index (χ4n) is 3.14. The first-order chi connectivity index (χ1) is 12.9. The molecule has 142 valence electrons. The van der Waals surface area contributed by atoms with Gasteiger partial charge in [0.05, 0.1) is 5.92 Å². The Hall–Kier alpha value is -3.16. The highest BCUT2D eigenvalue weighted by Gasteiger charge is 2.29. The summed E-state index contributed by atoms with van der Waals surface area (Å²) in [7, 11) is 0. The van der Waals surface area contributed by atoms with Crippen LogP contribution >= 0.6 is 0 Å². The topological polar surface area (TPSA) is 105 Å². The molecule has 1 unspecified atom stereocenters. The lowest BCUT2D eigenvalue weighted by atomic mass is 9.96. The predicted molar refractivity (Wildman–Crippen MR) is 98.3 cm³/mol. The van der Waals surface area contributed by atoms with E-state index in [-0.39, 0.29) is 24.3 Å². The number of aromatic nitrogens is 2. The van der Waals surface area contributed by atoms with Crippen LogP contribution in [0, 0.1) is 12.8 Å². The molecule has 3 rings (SSSR count). The number of carbonyl (C=O) groups is 3. The molecule has 8 heteroatoms. The molecular formula is C19H22N4O4. The average molecular weight is 370 g/mol. The maximum absolute atomic E-state index is 12.7. The number of hydrogen-bond donors (Lipinski definition) is 2. The number of carbonyl (C=O) groups excluding carboxylic acids is 2. The van der Waals surface area contributed by atoms with E-state index >= 15 is 0 Å². The normalized spacial score (nSPS) is 16.8. The van der Waals surface area contributed by atoms with Gasteiger partial charge in [0.2, 0.25) is 5.91 Å². The van der Waals surface area contributed by atoms with E-state index in [0.29, 0.717) is 30.9 Å². The number of anilines is 1. The van der Waals surface area contributed by atoms with E-state index in [9.17, 15) is 14.4 Å². The van der Waals surface area contributed by atoms with E-state index in [4.69, 9.17) is 5.11 Å². The van der Waals surface area contributed by atoms with Crippen molar-refractivity contribution in [2.75, 3.05) is 18.4 Å². The van der Waals surface area contributed by atoms with Crippen molar-refractivity contribution < 1.29 is 19.5 Å². The second-order valence-corrected chi connectivity index (χ2v) is 6.74. The third-order valence-electron chi connectivity index (χ3n) is 4.57. The van der Waals surface area contributed by atoms with E-state index < -0.39 is 5.97 Å². The summed E-state index contributed by atoms with van der Waals surface area (Å²) in [5.74, 6) is -1.30. The lowest BCUT2D eigenvalue weighted by Crippen LogP contribution is -2.43. The van der Waals surface area contributed by atoms with Crippen molar-refractivity contribution in [1.29, 1.82) is 0 Å². The highest BCUT2D eigenvalue weighted by molar-refractivity contribution is 5.96. The van der Waals surface area contributed by atoms with Crippen LogP contribution in [0.25, 0.3) is 0 Å². The van der Waals surface area contributed by atoms with Crippen LogP contribution in [0.2, 0.25) is 0 Å². The fourth-order valence-corrected chi connectivity index (χ4v) is 3.14. The molecule has 2 amide bonds. The van der Waals surface area contributed by atoms with E-state index in [0.717, 1.165) is 12.0 Å². The van der Waals surface area contributed by atoms with E-state index in [1.807, 2.05) is 19.1 Å². The van der Waals surface area contributed by atoms with Gasteiger partial charge in [-0.3, -0.25) is 19.1 Å². The Morgan fingerprint density at radius 3 is 2.67 bits per heavy atom. The van der Waals surface area contributed by atoms with Gasteiger partial charge in [-0.05, 0) is 31.9 Å². The lowest BCUT2D eigenvalue weighted by Gasteiger charge is -2.32. The third kappa shape index (κ3) is 4.72. The van der Waals surface area contributed by atoms with Crippen LogP contribution in [-0.4, -0.2) is 50.7 Å². The van der Waals surface area contributed by atoms with Crippen molar-refractivity contribution in [2.45, 2.75) is 26.3 Å². The minimum Gasteiger partial charge on any atom is -0.480 e. The van der Waals surface area contributed by atoms with Gasteiger partial charge in [0, 0.05) is 30.9 Å². The molecule has 2 heterocycles. The molecule has 1 saturated heterocycles. The maximum Gasteiger partial charge on any atom is 0.325 e. The molecule has 0 radical (unpaired) electrons. The zero-order chi connectivity index (χ0) is 19.4. The van der Waals surface area contributed by atoms with E-state index in [1.165, 1.54) is 10.9 Å². The average Bonchev–Trinajstić information content (AvgIpc) is 3.08. The first-order valence-corrected chi connectivity index (χ1v) is 8.84. The molecule has 2 N–H and O–H groups in total. The Morgan fingerprint density at radius 1 is 1.22 bits per heavy atom. The monoisotopic (exact) mass is 370 g/mol. The third-order valence-corrected chi connectivity index (χ3v) is 4.57. The summed E-state index contributed by atoms with van der Waals surface area (Å²) in [5, 5.41) is 15.5. The first-order valence-electron chi connectivity index (χ1n) is 8.84. The van der Waals surface area contributed by atoms with Gasteiger partial charge >= 0.3 is 5.97 Å². The highest BCUT2D eigenvalue weighted by Crippen LogP contribution is 2.20. The molecule has 0 aliphatic carbocycles. The molecule has 1 aliphatic heterocycles. The number of carboxylic acids is 1. The minimum atomic E-state index is -1.01. The quantitative estimate of drug-likeness (QED) is 0.835. The number of nitrogens with zero attached hydrogens (tertiary/aromatic N) is 3. The minimum absolute atomic E-state index is 0.0711. The van der Waals surface area contributed by atoms with Gasteiger partial charge in [0.25, 0.3) is 5.91 Å². The number of nitrogens with one attached hydrogen (secondary N) is 1. The SMILES string of the molecule is Cc1ccc(C(=O)N2CCCC(C(=O)Nc3ccn(CC(=O)O)n3)C2)cc1. The lowest BCUT2D eigenvalue weighted by molar-refractivity contribution is -0.137. The Bertz CT molecular complexity index is 844. The molecule has 1 fully saturated rings. The number of rotatable bonds is 5. The van der Waals surface area contributed by atoms with Gasteiger partial charge in [0.1, 0.15) is 6.54 Å². The number of benzene rings is 1. The Balaban J connectivity index is 1.60. The highest BCUT2D eigenvalue weighted by atomic mass is 16.4. The molecule has 8 nitrogen and oxygen atoms in total. The van der Waals surface area contributed by atoms with Gasteiger partial charge < -0.3 is 15.3 Å². The molecule has 1 aromatic heterocycles. The van der Waals surface area contributed by atoms with Gasteiger partial charge in [-0.2, -0.15) is 5.10 Å². The first kappa shape index (κ1) is 18.6. The number of piperidine rings is 1. The van der Waals surface area contributed by atoms with Crippen LogP contribution in [0.5, 0.6) is 0 Å². The van der Waals surface area contributed by atoms with E-state index in [1.54, 1.807) is 23.1 Å². The fraction of sp³-hybridized carbons (Fsp3) is 0.368. The summed E-state index contributed by atoms with van der Waals surface area (Å²) in [6, 6.07) is 8.95. The zero-order valence-corrected chi connectivity index (χ0v) is 15.1. The standard InChI is InChI=1S/C19H22N4O4/c1-13-4-6-14(7-5-13)19(27)22-9-2-3-15(11-22)18(26)20-16-8-10-23(21-16)12-17(24)25/h4-8,10,15H,2-3,9,11-12H2,1H3,(H,24,25)(H,20,21,26). The summed E-state index contributed by atoms with van der Waals surface area (Å²) in [5.41, 5.74) is 1.71. The van der Waals surface area contributed by atoms with Crippen molar-refractivity contribution >= 4 is 23.6 Å². The van der Waals surface area contributed by atoms with Crippen LogP contribution in [0.3, 0.4) is 0 Å². The molecule has 1 atom stereocenters. The van der Waals surface area contributed by atoms with Crippen LogP contribution < -0.4 is 5.32 Å². The maximum atomic E-state index is 12.7. The van der Waals surface area contributed by atoms with Crippen molar-refractivity contribution in [3.63, 3.8) is 0 Å². The smallest absolute Gasteiger partial charge is 0.325 e. The molecule has 27 heavy (non-hydrogen) atoms. The second kappa shape index (κ2) is 8.03. The number of hydrogen-bond acceptors (Lipinski definition) is 4. The van der Waals surface area contributed by atoms with E-state index in [2.05, 4.69) is 10.4 Å². The number of aliphatic carboxylic acids is 1. The van der Waals surface area contributed by atoms with Crippen molar-refractivity contribution in [3.8, 4) is 0 Å². The van der Waals surface area contributed by atoms with Crippen LogP contribution in [0.1, 0.15) is 28.8 Å². The second-order valence-electron chi connectivity index (χ2n) is 6.74. The Labute approximate surface area is 156 Å². The van der Waals surface area contributed by atoms with Crippen molar-refractivity contribution in [3.05, 3.63) is 47.7 Å². The summed E-state index contributed by atoms with van der Waals surface area (Å²) in [6.07, 6.45) is 2.94. The summed E-state index contributed by atoms with van der Waals surface area (Å²) in [6.45, 7) is 2.68. The molecule has 0 spiro atoms. The molecular weight excluding hydrogens is 348 g/mol. The van der Waals surface area contributed by atoms with Crippen molar-refractivity contribution in [2.24, 2.45) is 5.92 Å². The van der Waals surface area contributed by atoms with Gasteiger partial charge in [-0.1, -0.05) is 17.7 Å². The Morgan fingerprint density at radius 2 is 1.96 bits per heavy atom. The summed E-state index contributed by atoms with van der Waals surface area (Å²) >= 11 is 0. The Kier molecular flexibility index (Phi) is 5.54. The number of amides is 2. The zero-order valence-electron chi connectivity index (χ0n) is 15.1. The predicted octanol–water partition coefficient (Wildman–Crippen LogP) is 1.77. The summed E-state index contributed by atoms with van der Waals surface area (Å²) < 4.78 is 1.24.